The van der Waals surface area contributed by atoms with Crippen molar-refractivity contribution in [1.82, 2.24) is 10.2 Å². The minimum Gasteiger partial charge on any atom is -0.408 e. The molecular weight excluding hydrogens is 216 g/mol. The molecule has 1 aliphatic carbocycles. The number of rotatable bonds is 4. The molecule has 96 valence electrons. The Labute approximate surface area is 102 Å². The van der Waals surface area contributed by atoms with Crippen LogP contribution in [0.5, 0.6) is 0 Å². The molecule has 0 aliphatic heterocycles. The zero-order valence-electron chi connectivity index (χ0n) is 10.6. The first-order valence-electron chi connectivity index (χ1n) is 6.48. The summed E-state index contributed by atoms with van der Waals surface area (Å²) in [5.74, 6) is 2.11. The Bertz CT molecular complexity index is 352. The molecule has 3 unspecified atom stereocenters. The summed E-state index contributed by atoms with van der Waals surface area (Å²) >= 11 is 0. The fourth-order valence-electron chi connectivity index (χ4n) is 2.57. The molecule has 1 aromatic rings. The number of nitrogens with two attached hydrogens (primary N) is 1. The largest absolute Gasteiger partial charge is 0.408 e. The molecule has 2 rings (SSSR count). The third-order valence-electron chi connectivity index (χ3n) is 3.57. The lowest BCUT2D eigenvalue weighted by atomic mass is 9.80. The first-order chi connectivity index (χ1) is 8.19. The lowest BCUT2D eigenvalue weighted by Crippen LogP contribution is -2.33. The Kier molecular flexibility index (Phi) is 3.99. The van der Waals surface area contributed by atoms with Gasteiger partial charge >= 0.3 is 6.01 Å². The van der Waals surface area contributed by atoms with Crippen LogP contribution in [0.25, 0.3) is 0 Å². The van der Waals surface area contributed by atoms with Crippen LogP contribution in [0, 0.1) is 11.8 Å². The van der Waals surface area contributed by atoms with Crippen LogP contribution in [0.15, 0.2) is 4.42 Å². The molecule has 5 heteroatoms. The van der Waals surface area contributed by atoms with Gasteiger partial charge in [0, 0.05) is 19.0 Å². The second-order valence-electron chi connectivity index (χ2n) is 5.19. The second kappa shape index (κ2) is 5.49. The molecule has 3 N–H and O–H groups in total. The summed E-state index contributed by atoms with van der Waals surface area (Å²) in [6.07, 6.45) is 4.36. The van der Waals surface area contributed by atoms with Gasteiger partial charge in [-0.2, -0.15) is 0 Å². The molecular formula is C12H22N4O. The van der Waals surface area contributed by atoms with Crippen LogP contribution in [0.4, 0.5) is 6.01 Å². The first kappa shape index (κ1) is 12.4. The maximum atomic E-state index is 5.49. The average Bonchev–Trinajstić information content (AvgIpc) is 2.71. The summed E-state index contributed by atoms with van der Waals surface area (Å²) in [5, 5.41) is 11.3. The Morgan fingerprint density at radius 1 is 1.35 bits per heavy atom. The van der Waals surface area contributed by atoms with Gasteiger partial charge in [0.15, 0.2) is 0 Å². The lowest BCUT2D eigenvalue weighted by Gasteiger charge is -2.32. The van der Waals surface area contributed by atoms with E-state index in [2.05, 4.69) is 29.4 Å². The van der Waals surface area contributed by atoms with Gasteiger partial charge in [-0.25, -0.2) is 0 Å². The summed E-state index contributed by atoms with van der Waals surface area (Å²) in [5.41, 5.74) is 5.44. The minimum absolute atomic E-state index is 0.456. The van der Waals surface area contributed by atoms with Crippen LogP contribution in [0.1, 0.15) is 39.0 Å². The number of anilines is 1. The van der Waals surface area contributed by atoms with E-state index >= 15 is 0 Å². The van der Waals surface area contributed by atoms with Crippen molar-refractivity contribution in [3.8, 4) is 0 Å². The monoisotopic (exact) mass is 238 g/mol. The van der Waals surface area contributed by atoms with Gasteiger partial charge < -0.3 is 15.5 Å². The van der Waals surface area contributed by atoms with Crippen molar-refractivity contribution >= 4 is 6.01 Å². The van der Waals surface area contributed by atoms with Crippen LogP contribution in [-0.4, -0.2) is 22.8 Å². The van der Waals surface area contributed by atoms with Crippen molar-refractivity contribution in [2.75, 3.05) is 11.9 Å². The van der Waals surface area contributed by atoms with Crippen molar-refractivity contribution in [3.05, 3.63) is 5.89 Å². The maximum Gasteiger partial charge on any atom is 0.315 e. The quantitative estimate of drug-likeness (QED) is 0.836. The standard InChI is InChI=1S/C12H22N4O/c1-8-3-4-10(9(2)7-8)14-12-16-15-11(17-12)5-6-13/h8-10H,3-7,13H2,1-2H3,(H,14,16). The first-order valence-corrected chi connectivity index (χ1v) is 6.48. The van der Waals surface area contributed by atoms with E-state index < -0.39 is 0 Å². The van der Waals surface area contributed by atoms with Crippen molar-refractivity contribution in [3.63, 3.8) is 0 Å². The fourth-order valence-corrected chi connectivity index (χ4v) is 2.57. The Hall–Kier alpha value is -1.10. The molecule has 1 heterocycles. The van der Waals surface area contributed by atoms with Crippen LogP contribution in [0.2, 0.25) is 0 Å². The van der Waals surface area contributed by atoms with E-state index in [4.69, 9.17) is 10.2 Å². The number of hydrogen-bond acceptors (Lipinski definition) is 5. The zero-order chi connectivity index (χ0) is 12.3. The molecule has 1 aromatic heterocycles. The molecule has 0 amide bonds. The number of hydrogen-bond donors (Lipinski definition) is 2. The number of nitrogens with one attached hydrogen (secondary N) is 1. The van der Waals surface area contributed by atoms with Gasteiger partial charge in [-0.3, -0.25) is 0 Å². The van der Waals surface area contributed by atoms with E-state index in [-0.39, 0.29) is 0 Å². The van der Waals surface area contributed by atoms with Crippen LogP contribution in [-0.2, 0) is 6.42 Å². The predicted octanol–water partition coefficient (Wildman–Crippen LogP) is 1.81. The van der Waals surface area contributed by atoms with Crippen molar-refractivity contribution < 1.29 is 4.42 Å². The maximum absolute atomic E-state index is 5.49. The third kappa shape index (κ3) is 3.19. The highest BCUT2D eigenvalue weighted by molar-refractivity contribution is 5.20. The summed E-state index contributed by atoms with van der Waals surface area (Å²) in [6.45, 7) is 5.14. The van der Waals surface area contributed by atoms with Gasteiger partial charge in [-0.05, 0) is 31.1 Å². The molecule has 1 aliphatic rings. The third-order valence-corrected chi connectivity index (χ3v) is 3.57. The van der Waals surface area contributed by atoms with Gasteiger partial charge in [-0.1, -0.05) is 18.9 Å². The second-order valence-corrected chi connectivity index (χ2v) is 5.19. The molecule has 0 saturated heterocycles. The van der Waals surface area contributed by atoms with Gasteiger partial charge in [0.1, 0.15) is 0 Å². The topological polar surface area (TPSA) is 77.0 Å². The fraction of sp³-hybridized carbons (Fsp3) is 0.833. The molecule has 0 radical (unpaired) electrons. The molecule has 3 atom stereocenters. The summed E-state index contributed by atoms with van der Waals surface area (Å²) in [4.78, 5) is 0. The van der Waals surface area contributed by atoms with Gasteiger partial charge in [0.05, 0.1) is 0 Å². The summed E-state index contributed by atoms with van der Waals surface area (Å²) in [6, 6.07) is 0.997. The number of aromatic nitrogens is 2. The van der Waals surface area contributed by atoms with Gasteiger partial charge in [0.2, 0.25) is 5.89 Å². The highest BCUT2D eigenvalue weighted by Gasteiger charge is 2.26. The zero-order valence-corrected chi connectivity index (χ0v) is 10.6. The number of nitrogens with zero attached hydrogens (tertiary/aromatic N) is 2. The van der Waals surface area contributed by atoms with E-state index in [1.807, 2.05) is 0 Å². The SMILES string of the molecule is CC1CCC(Nc2nnc(CCN)o2)C(C)C1. The Morgan fingerprint density at radius 2 is 2.18 bits per heavy atom. The van der Waals surface area contributed by atoms with E-state index in [1.165, 1.54) is 19.3 Å². The van der Waals surface area contributed by atoms with E-state index in [0.717, 1.165) is 5.92 Å². The molecule has 0 spiro atoms. The highest BCUT2D eigenvalue weighted by atomic mass is 16.4. The molecule has 17 heavy (non-hydrogen) atoms. The van der Waals surface area contributed by atoms with E-state index in [9.17, 15) is 0 Å². The van der Waals surface area contributed by atoms with Crippen molar-refractivity contribution in [2.24, 2.45) is 17.6 Å². The van der Waals surface area contributed by atoms with Crippen molar-refractivity contribution in [1.29, 1.82) is 0 Å². The van der Waals surface area contributed by atoms with Crippen LogP contribution >= 0.6 is 0 Å². The normalized spacial score (nSPS) is 29.2. The summed E-state index contributed by atoms with van der Waals surface area (Å²) < 4.78 is 5.49. The highest BCUT2D eigenvalue weighted by Crippen LogP contribution is 2.30. The Morgan fingerprint density at radius 3 is 2.88 bits per heavy atom. The van der Waals surface area contributed by atoms with E-state index in [0.29, 0.717) is 36.8 Å². The average molecular weight is 238 g/mol. The van der Waals surface area contributed by atoms with Crippen LogP contribution in [0.3, 0.4) is 0 Å². The predicted molar refractivity (Wildman–Crippen MR) is 66.6 cm³/mol. The Balaban J connectivity index is 1.91. The summed E-state index contributed by atoms with van der Waals surface area (Å²) in [7, 11) is 0. The molecule has 5 nitrogen and oxygen atoms in total. The molecule has 0 bridgehead atoms. The minimum atomic E-state index is 0.456. The molecule has 0 aromatic carbocycles. The van der Waals surface area contributed by atoms with Gasteiger partial charge in [-0.15, -0.1) is 5.10 Å². The molecule has 1 saturated carbocycles. The smallest absolute Gasteiger partial charge is 0.315 e. The molecule has 1 fully saturated rings. The van der Waals surface area contributed by atoms with E-state index in [1.54, 1.807) is 0 Å². The van der Waals surface area contributed by atoms with Gasteiger partial charge in [0.25, 0.3) is 0 Å². The van der Waals surface area contributed by atoms with Crippen LogP contribution < -0.4 is 11.1 Å². The van der Waals surface area contributed by atoms with Crippen molar-refractivity contribution in [2.45, 2.75) is 45.6 Å². The lowest BCUT2D eigenvalue weighted by molar-refractivity contribution is 0.273.